The maximum Gasteiger partial charge on any atom is 0.416 e. The Morgan fingerprint density at radius 2 is 1.82 bits per heavy atom. The summed E-state index contributed by atoms with van der Waals surface area (Å²) in [4.78, 5) is 0. The van der Waals surface area contributed by atoms with E-state index in [0.717, 1.165) is 31.5 Å². The topological polar surface area (TPSA) is 12.0 Å². The molecule has 94 valence electrons. The molecule has 0 bridgehead atoms. The van der Waals surface area contributed by atoms with Crippen LogP contribution in [0.4, 0.5) is 13.2 Å². The third-order valence-electron chi connectivity index (χ3n) is 3.38. The van der Waals surface area contributed by atoms with E-state index < -0.39 is 11.7 Å². The van der Waals surface area contributed by atoms with E-state index in [0.29, 0.717) is 5.56 Å². The van der Waals surface area contributed by atoms with Crippen molar-refractivity contribution in [3.05, 3.63) is 34.9 Å². The monoisotopic (exact) mass is 243 g/mol. The Balaban J connectivity index is 2.43. The number of halogens is 3. The SMILES string of the molecule is Cc1cccc(C(F)(F)F)c1C1CCNCC1. The summed E-state index contributed by atoms with van der Waals surface area (Å²) in [6.07, 6.45) is -2.67. The summed E-state index contributed by atoms with van der Waals surface area (Å²) >= 11 is 0. The van der Waals surface area contributed by atoms with Crippen LogP contribution in [0.3, 0.4) is 0 Å². The minimum atomic E-state index is -4.24. The fourth-order valence-electron chi connectivity index (χ4n) is 2.58. The quantitative estimate of drug-likeness (QED) is 0.796. The van der Waals surface area contributed by atoms with Gasteiger partial charge in [0.2, 0.25) is 0 Å². The molecule has 1 saturated heterocycles. The van der Waals surface area contributed by atoms with E-state index in [2.05, 4.69) is 5.32 Å². The summed E-state index contributed by atoms with van der Waals surface area (Å²) < 4.78 is 38.9. The summed E-state index contributed by atoms with van der Waals surface area (Å²) in [6.45, 7) is 3.37. The van der Waals surface area contributed by atoms with E-state index >= 15 is 0 Å². The van der Waals surface area contributed by atoms with Gasteiger partial charge >= 0.3 is 6.18 Å². The van der Waals surface area contributed by atoms with E-state index in [1.54, 1.807) is 13.0 Å². The molecule has 4 heteroatoms. The average molecular weight is 243 g/mol. The van der Waals surface area contributed by atoms with E-state index in [9.17, 15) is 13.2 Å². The van der Waals surface area contributed by atoms with Crippen molar-refractivity contribution in [1.29, 1.82) is 0 Å². The molecule has 2 rings (SSSR count). The van der Waals surface area contributed by atoms with E-state index in [-0.39, 0.29) is 5.92 Å². The van der Waals surface area contributed by atoms with E-state index in [1.165, 1.54) is 12.1 Å². The van der Waals surface area contributed by atoms with Gasteiger partial charge in [0.15, 0.2) is 0 Å². The zero-order valence-electron chi connectivity index (χ0n) is 9.77. The number of hydrogen-bond acceptors (Lipinski definition) is 1. The minimum absolute atomic E-state index is 0.0362. The predicted octanol–water partition coefficient (Wildman–Crippen LogP) is 3.48. The molecule has 0 aromatic heterocycles. The molecule has 0 aliphatic carbocycles. The fraction of sp³-hybridized carbons (Fsp3) is 0.538. The molecular weight excluding hydrogens is 227 g/mol. The van der Waals surface area contributed by atoms with Gasteiger partial charge in [-0.05, 0) is 56.0 Å². The molecule has 0 radical (unpaired) electrons. The van der Waals surface area contributed by atoms with Gasteiger partial charge in [-0.2, -0.15) is 13.2 Å². The molecule has 0 spiro atoms. The van der Waals surface area contributed by atoms with Crippen LogP contribution in [0.15, 0.2) is 18.2 Å². The van der Waals surface area contributed by atoms with Crippen molar-refractivity contribution in [3.8, 4) is 0 Å². The summed E-state index contributed by atoms with van der Waals surface area (Å²) in [7, 11) is 0. The Morgan fingerprint density at radius 1 is 1.18 bits per heavy atom. The maximum atomic E-state index is 13.0. The fourth-order valence-corrected chi connectivity index (χ4v) is 2.58. The minimum Gasteiger partial charge on any atom is -0.317 e. The van der Waals surface area contributed by atoms with Gasteiger partial charge in [-0.3, -0.25) is 0 Å². The summed E-state index contributed by atoms with van der Waals surface area (Å²) in [6, 6.07) is 4.46. The normalized spacial score (nSPS) is 18.4. The van der Waals surface area contributed by atoms with Gasteiger partial charge in [0.05, 0.1) is 5.56 Å². The zero-order chi connectivity index (χ0) is 12.5. The first-order valence-corrected chi connectivity index (χ1v) is 5.87. The molecule has 0 unspecified atom stereocenters. The lowest BCUT2D eigenvalue weighted by Crippen LogP contribution is -2.28. The van der Waals surface area contributed by atoms with Crippen molar-refractivity contribution in [2.24, 2.45) is 0 Å². The van der Waals surface area contributed by atoms with Crippen LogP contribution in [0, 0.1) is 6.92 Å². The molecule has 1 heterocycles. The van der Waals surface area contributed by atoms with Crippen LogP contribution in [-0.4, -0.2) is 13.1 Å². The third kappa shape index (κ3) is 2.63. The van der Waals surface area contributed by atoms with E-state index in [1.807, 2.05) is 0 Å². The van der Waals surface area contributed by atoms with Crippen molar-refractivity contribution in [2.45, 2.75) is 31.9 Å². The molecule has 1 aliphatic heterocycles. The van der Waals surface area contributed by atoms with Crippen LogP contribution < -0.4 is 5.32 Å². The Bertz CT molecular complexity index is 392. The number of nitrogens with one attached hydrogen (secondary N) is 1. The molecule has 1 aliphatic rings. The average Bonchev–Trinajstić information content (AvgIpc) is 2.28. The lowest BCUT2D eigenvalue weighted by molar-refractivity contribution is -0.138. The first-order valence-electron chi connectivity index (χ1n) is 5.87. The number of aryl methyl sites for hydroxylation is 1. The molecule has 1 nitrogen and oxygen atoms in total. The molecule has 0 amide bonds. The Hall–Kier alpha value is -1.03. The number of alkyl halides is 3. The highest BCUT2D eigenvalue weighted by atomic mass is 19.4. The Labute approximate surface area is 99.0 Å². The van der Waals surface area contributed by atoms with Crippen LogP contribution in [-0.2, 0) is 6.18 Å². The largest absolute Gasteiger partial charge is 0.416 e. The molecular formula is C13H16F3N. The van der Waals surface area contributed by atoms with Crippen LogP contribution >= 0.6 is 0 Å². The van der Waals surface area contributed by atoms with Gasteiger partial charge in [-0.25, -0.2) is 0 Å². The molecule has 1 aromatic carbocycles. The van der Waals surface area contributed by atoms with Crippen LogP contribution in [0.2, 0.25) is 0 Å². The van der Waals surface area contributed by atoms with Crippen molar-refractivity contribution in [1.82, 2.24) is 5.32 Å². The summed E-state index contributed by atoms with van der Waals surface area (Å²) in [5.74, 6) is 0.0362. The standard InChI is InChI=1S/C13H16F3N/c1-9-3-2-4-11(13(14,15)16)12(9)10-5-7-17-8-6-10/h2-4,10,17H,5-8H2,1H3. The summed E-state index contributed by atoms with van der Waals surface area (Å²) in [5.41, 5.74) is 0.803. The van der Waals surface area contributed by atoms with Crippen LogP contribution in [0.25, 0.3) is 0 Å². The smallest absolute Gasteiger partial charge is 0.317 e. The lowest BCUT2D eigenvalue weighted by atomic mass is 9.84. The molecule has 1 fully saturated rings. The second-order valence-electron chi connectivity index (χ2n) is 4.56. The van der Waals surface area contributed by atoms with Gasteiger partial charge < -0.3 is 5.32 Å². The highest BCUT2D eigenvalue weighted by Crippen LogP contribution is 2.39. The second kappa shape index (κ2) is 4.69. The van der Waals surface area contributed by atoms with Crippen molar-refractivity contribution < 1.29 is 13.2 Å². The molecule has 17 heavy (non-hydrogen) atoms. The van der Waals surface area contributed by atoms with E-state index in [4.69, 9.17) is 0 Å². The molecule has 0 saturated carbocycles. The maximum absolute atomic E-state index is 13.0. The summed E-state index contributed by atoms with van der Waals surface area (Å²) in [5, 5.41) is 3.18. The molecule has 1 N–H and O–H groups in total. The highest BCUT2D eigenvalue weighted by molar-refractivity contribution is 5.39. The first-order chi connectivity index (χ1) is 8.00. The number of piperidine rings is 1. The highest BCUT2D eigenvalue weighted by Gasteiger charge is 2.35. The van der Waals surface area contributed by atoms with Crippen molar-refractivity contribution >= 4 is 0 Å². The van der Waals surface area contributed by atoms with Crippen molar-refractivity contribution in [3.63, 3.8) is 0 Å². The van der Waals surface area contributed by atoms with Gasteiger partial charge in [0.25, 0.3) is 0 Å². The van der Waals surface area contributed by atoms with Gasteiger partial charge in [0.1, 0.15) is 0 Å². The molecule has 0 atom stereocenters. The van der Waals surface area contributed by atoms with Crippen LogP contribution in [0.1, 0.15) is 35.4 Å². The lowest BCUT2D eigenvalue weighted by Gasteiger charge is -2.27. The predicted molar refractivity (Wildman–Crippen MR) is 61.0 cm³/mol. The Morgan fingerprint density at radius 3 is 2.41 bits per heavy atom. The number of rotatable bonds is 1. The first kappa shape index (κ1) is 12.4. The van der Waals surface area contributed by atoms with Gasteiger partial charge in [0, 0.05) is 0 Å². The second-order valence-corrected chi connectivity index (χ2v) is 4.56. The zero-order valence-corrected chi connectivity index (χ0v) is 9.77. The number of benzene rings is 1. The van der Waals surface area contributed by atoms with Crippen LogP contribution in [0.5, 0.6) is 0 Å². The Kier molecular flexibility index (Phi) is 3.43. The third-order valence-corrected chi connectivity index (χ3v) is 3.38. The van der Waals surface area contributed by atoms with Gasteiger partial charge in [-0.1, -0.05) is 12.1 Å². The molecule has 1 aromatic rings. The number of hydrogen-bond donors (Lipinski definition) is 1. The van der Waals surface area contributed by atoms with Crippen molar-refractivity contribution in [2.75, 3.05) is 13.1 Å². The van der Waals surface area contributed by atoms with Gasteiger partial charge in [-0.15, -0.1) is 0 Å².